The summed E-state index contributed by atoms with van der Waals surface area (Å²) in [7, 11) is 9.97. The van der Waals surface area contributed by atoms with Gasteiger partial charge < -0.3 is 13.3 Å². The molecule has 0 aliphatic rings. The largest absolute Gasteiger partial charge is 0.501 e. The molecule has 13 heteroatoms. The van der Waals surface area contributed by atoms with Crippen molar-refractivity contribution in [1.82, 2.24) is 4.98 Å². The molecule has 0 fully saturated rings. The highest BCUT2D eigenvalue weighted by Gasteiger charge is 2.40. The Hall–Kier alpha value is 1.66. The first-order chi connectivity index (χ1) is 15.2. The number of benzene rings is 1. The van der Waals surface area contributed by atoms with E-state index < -0.39 is 8.80 Å². The third kappa shape index (κ3) is 11.8. The molecule has 4 nitrogen and oxygen atoms in total. The minimum Gasteiger partial charge on any atom is -0.373 e. The van der Waals surface area contributed by atoms with Gasteiger partial charge in [-0.1, -0.05) is 43.7 Å². The molecule has 0 saturated heterocycles. The van der Waals surface area contributed by atoms with E-state index in [9.17, 15) is 0 Å². The molecule has 0 radical (unpaired) electrons. The maximum atomic E-state index is 6.15. The van der Waals surface area contributed by atoms with Crippen LogP contribution >= 0.6 is 82.1 Å². The van der Waals surface area contributed by atoms with Crippen molar-refractivity contribution in [2.75, 3.05) is 25.6 Å². The molecule has 1 heterocycles. The van der Waals surface area contributed by atoms with Crippen LogP contribution in [-0.4, -0.2) is 39.4 Å². The predicted octanol–water partition coefficient (Wildman–Crippen LogP) is 9.50. The predicted molar refractivity (Wildman–Crippen MR) is 155 cm³/mol. The first kappa shape index (κ1) is 28.9. The van der Waals surface area contributed by atoms with E-state index in [0.29, 0.717) is 19.8 Å². The Morgan fingerprint density at radius 2 is 1.45 bits per heavy atom. The number of thiazole rings is 1. The highest BCUT2D eigenvalue weighted by Crippen LogP contribution is 2.56. The minimum absolute atomic E-state index is 0.711. The molecule has 1 aromatic carbocycles. The van der Waals surface area contributed by atoms with Crippen LogP contribution in [-0.2, 0) is 13.3 Å². The van der Waals surface area contributed by atoms with Gasteiger partial charge in [0.2, 0.25) is 0 Å². The quantitative estimate of drug-likeness (QED) is 0.0890. The van der Waals surface area contributed by atoms with Crippen molar-refractivity contribution < 1.29 is 13.3 Å². The van der Waals surface area contributed by atoms with Gasteiger partial charge in [-0.05, 0) is 91.3 Å². The molecule has 0 bridgehead atoms. The maximum Gasteiger partial charge on any atom is 0.501 e. The Kier molecular flexibility index (Phi) is 16.8. The van der Waals surface area contributed by atoms with Crippen LogP contribution in [0.3, 0.4) is 0 Å². The topological polar surface area (TPSA) is 40.6 Å². The van der Waals surface area contributed by atoms with Gasteiger partial charge in [0, 0.05) is 31.6 Å². The Labute approximate surface area is 217 Å². The number of para-hydroxylation sites is 1. The van der Waals surface area contributed by atoms with Gasteiger partial charge >= 0.3 is 8.80 Å². The summed E-state index contributed by atoms with van der Waals surface area (Å²) in [6, 6.07) is 9.16. The van der Waals surface area contributed by atoms with E-state index in [1.807, 2.05) is 26.7 Å². The lowest BCUT2D eigenvalue weighted by atomic mass is 10.3. The summed E-state index contributed by atoms with van der Waals surface area (Å²) in [6.07, 6.45) is 2.95. The molecule has 0 atom stereocenters. The molecule has 31 heavy (non-hydrogen) atoms. The first-order valence-corrected chi connectivity index (χ1v) is 21.9. The summed E-state index contributed by atoms with van der Waals surface area (Å²) >= 11 is 1.75. The second-order valence-electron chi connectivity index (χ2n) is 6.17. The van der Waals surface area contributed by atoms with Crippen LogP contribution in [0.5, 0.6) is 0 Å². The lowest BCUT2D eigenvalue weighted by molar-refractivity contribution is 0.0607. The summed E-state index contributed by atoms with van der Waals surface area (Å²) in [4.78, 5) is 4.65. The third-order valence-corrected chi connectivity index (χ3v) is 21.0. The lowest BCUT2D eigenvalue weighted by Gasteiger charge is -2.29. The number of rotatable bonds is 19. The monoisotopic (exact) mass is 591 g/mol. The Morgan fingerprint density at radius 1 is 0.839 bits per heavy atom. The molecule has 2 aromatic rings. The van der Waals surface area contributed by atoms with Gasteiger partial charge in [-0.15, -0.1) is 11.3 Å². The SMILES string of the molecule is CCCO[Si](CCSSSSSSSc1nc2ccccc2s1)(OCCC)OCCC. The van der Waals surface area contributed by atoms with E-state index in [1.165, 1.54) is 4.70 Å². The summed E-state index contributed by atoms with van der Waals surface area (Å²) < 4.78 is 20.8. The highest BCUT2D eigenvalue weighted by atomic mass is 33.9. The van der Waals surface area contributed by atoms with Crippen LogP contribution in [0, 0.1) is 0 Å². The lowest BCUT2D eigenvalue weighted by Crippen LogP contribution is -2.47. The van der Waals surface area contributed by atoms with Gasteiger partial charge in [-0.25, -0.2) is 4.98 Å². The van der Waals surface area contributed by atoms with Crippen LogP contribution in [0.25, 0.3) is 10.2 Å². The van der Waals surface area contributed by atoms with E-state index in [4.69, 9.17) is 13.3 Å². The summed E-state index contributed by atoms with van der Waals surface area (Å²) in [5.74, 6) is 0.972. The van der Waals surface area contributed by atoms with Gasteiger partial charge in [0.15, 0.2) is 4.34 Å². The Morgan fingerprint density at radius 3 is 2.10 bits per heavy atom. The number of hydrogen-bond acceptors (Lipinski definition) is 12. The standard InChI is InChI=1S/C18H29NO3S8Si/c1-4-11-20-31(21-12-5-2,22-13-6-3)15-14-23-26-28-30-29-27-25-18-19-16-9-7-8-10-17(16)24-18/h7-10H,4-6,11-15H2,1-3H3. The van der Waals surface area contributed by atoms with E-state index in [1.54, 1.807) is 61.4 Å². The van der Waals surface area contributed by atoms with Crippen LogP contribution in [0.15, 0.2) is 28.6 Å². The fraction of sp³-hybridized carbons (Fsp3) is 0.611. The van der Waals surface area contributed by atoms with Crippen molar-refractivity contribution in [1.29, 1.82) is 0 Å². The number of nitrogens with zero attached hydrogens (tertiary/aromatic N) is 1. The fourth-order valence-corrected chi connectivity index (χ4v) is 21.6. The second-order valence-corrected chi connectivity index (χ2v) is 21.4. The van der Waals surface area contributed by atoms with Gasteiger partial charge in [-0.3, -0.25) is 0 Å². The Balaban J connectivity index is 1.59. The van der Waals surface area contributed by atoms with Crippen LogP contribution in [0.4, 0.5) is 0 Å². The molecule has 0 N–H and O–H groups in total. The molecule has 176 valence electrons. The molecular formula is C18H29NO3S8Si. The van der Waals surface area contributed by atoms with Crippen molar-refractivity contribution >= 4 is 101 Å². The molecule has 0 aliphatic heterocycles. The van der Waals surface area contributed by atoms with Crippen molar-refractivity contribution in [3.63, 3.8) is 0 Å². The van der Waals surface area contributed by atoms with E-state index >= 15 is 0 Å². The maximum absolute atomic E-state index is 6.15. The highest BCUT2D eigenvalue weighted by molar-refractivity contribution is 9.46. The van der Waals surface area contributed by atoms with Crippen molar-refractivity contribution in [2.45, 2.75) is 50.4 Å². The number of aromatic nitrogens is 1. The van der Waals surface area contributed by atoms with E-state index in [0.717, 1.165) is 40.9 Å². The molecule has 0 saturated carbocycles. The molecule has 0 unspecified atom stereocenters. The first-order valence-electron chi connectivity index (χ1n) is 10.1. The van der Waals surface area contributed by atoms with Crippen LogP contribution < -0.4 is 0 Å². The summed E-state index contributed by atoms with van der Waals surface area (Å²) in [5.41, 5.74) is 1.09. The van der Waals surface area contributed by atoms with E-state index in [2.05, 4.69) is 44.0 Å². The van der Waals surface area contributed by atoms with Gasteiger partial charge in [0.05, 0.1) is 10.2 Å². The normalized spacial score (nSPS) is 12.1. The van der Waals surface area contributed by atoms with Gasteiger partial charge in [-0.2, -0.15) is 0 Å². The molecular weight excluding hydrogens is 563 g/mol. The average molecular weight is 592 g/mol. The van der Waals surface area contributed by atoms with Crippen LogP contribution in [0.1, 0.15) is 40.0 Å². The number of hydrogen-bond donors (Lipinski definition) is 0. The molecule has 0 aliphatic carbocycles. The zero-order chi connectivity index (χ0) is 22.2. The number of fused-ring (bicyclic) bond motifs is 1. The molecule has 0 amide bonds. The third-order valence-electron chi connectivity index (χ3n) is 3.61. The molecule has 1 aromatic heterocycles. The molecule has 0 spiro atoms. The van der Waals surface area contributed by atoms with Crippen molar-refractivity contribution in [2.24, 2.45) is 0 Å². The zero-order valence-electron chi connectivity index (χ0n) is 17.9. The summed E-state index contributed by atoms with van der Waals surface area (Å²) in [6.45, 7) is 8.51. The summed E-state index contributed by atoms with van der Waals surface area (Å²) in [5, 5.41) is 0. The van der Waals surface area contributed by atoms with Crippen LogP contribution in [0.2, 0.25) is 6.04 Å². The smallest absolute Gasteiger partial charge is 0.373 e. The van der Waals surface area contributed by atoms with Gasteiger partial charge in [0.1, 0.15) is 0 Å². The zero-order valence-corrected chi connectivity index (χ0v) is 25.4. The molecule has 2 rings (SSSR count). The minimum atomic E-state index is -2.56. The van der Waals surface area contributed by atoms with Gasteiger partial charge in [0.25, 0.3) is 0 Å². The second kappa shape index (κ2) is 18.0. The Bertz CT molecular complexity index is 671. The fourth-order valence-electron chi connectivity index (χ4n) is 2.30. The van der Waals surface area contributed by atoms with Crippen molar-refractivity contribution in [3.8, 4) is 0 Å². The van der Waals surface area contributed by atoms with E-state index in [-0.39, 0.29) is 0 Å². The van der Waals surface area contributed by atoms with Crippen molar-refractivity contribution in [3.05, 3.63) is 24.3 Å². The average Bonchev–Trinajstić information content (AvgIpc) is 3.21.